The molecule has 84 valence electrons. The summed E-state index contributed by atoms with van der Waals surface area (Å²) in [5.41, 5.74) is 0. The Balaban J connectivity index is 3.55. The number of nitrogens with zero attached hydrogens (tertiary/aromatic N) is 1. The zero-order valence-corrected chi connectivity index (χ0v) is 9.83. The van der Waals surface area contributed by atoms with Gasteiger partial charge in [-0.1, -0.05) is 13.8 Å². The second-order valence-electron chi connectivity index (χ2n) is 4.08. The Morgan fingerprint density at radius 1 is 1.36 bits per heavy atom. The van der Waals surface area contributed by atoms with Crippen LogP contribution >= 0.6 is 0 Å². The molecule has 1 N–H and O–H groups in total. The second-order valence-corrected chi connectivity index (χ2v) is 4.08. The van der Waals surface area contributed by atoms with E-state index in [1.165, 1.54) is 0 Å². The first-order chi connectivity index (χ1) is 6.43. The number of ether oxygens (including phenoxy) is 1. The van der Waals surface area contributed by atoms with Crippen molar-refractivity contribution in [1.29, 1.82) is 0 Å². The Labute approximate surface area is 86.6 Å². The van der Waals surface area contributed by atoms with E-state index in [0.717, 1.165) is 6.42 Å². The van der Waals surface area contributed by atoms with E-state index in [2.05, 4.69) is 19.2 Å². The molecule has 0 aromatic rings. The van der Waals surface area contributed by atoms with Gasteiger partial charge in [0.05, 0.1) is 0 Å². The van der Waals surface area contributed by atoms with Gasteiger partial charge >= 0.3 is 6.09 Å². The summed E-state index contributed by atoms with van der Waals surface area (Å²) in [4.78, 5) is 13.0. The van der Waals surface area contributed by atoms with E-state index >= 15 is 0 Å². The fraction of sp³-hybridized carbons (Fsp3) is 0.900. The maximum absolute atomic E-state index is 11.2. The molecule has 0 rings (SSSR count). The molecule has 1 atom stereocenters. The minimum Gasteiger partial charge on any atom is -0.431 e. The first kappa shape index (κ1) is 13.2. The lowest BCUT2D eigenvalue weighted by Gasteiger charge is -2.20. The maximum atomic E-state index is 11.2. The maximum Gasteiger partial charge on any atom is 0.408 e. The molecule has 0 aliphatic carbocycles. The van der Waals surface area contributed by atoms with Crippen LogP contribution in [0.1, 0.15) is 27.2 Å². The summed E-state index contributed by atoms with van der Waals surface area (Å²) in [6.45, 7) is 6.75. The largest absolute Gasteiger partial charge is 0.431 e. The number of amides is 1. The van der Waals surface area contributed by atoms with E-state index in [0.29, 0.717) is 12.5 Å². The number of alkyl carbamates (subject to hydrolysis) is 1. The Hall–Kier alpha value is -0.770. The third-order valence-electron chi connectivity index (χ3n) is 2.00. The first-order valence-electron chi connectivity index (χ1n) is 5.04. The average molecular weight is 202 g/mol. The zero-order chi connectivity index (χ0) is 11.1. The highest BCUT2D eigenvalue weighted by atomic mass is 16.6. The summed E-state index contributed by atoms with van der Waals surface area (Å²) < 4.78 is 5.07. The van der Waals surface area contributed by atoms with Crippen molar-refractivity contribution in [3.05, 3.63) is 0 Å². The number of hydrogen-bond donors (Lipinski definition) is 1. The molecule has 0 aliphatic heterocycles. The highest BCUT2D eigenvalue weighted by molar-refractivity contribution is 5.67. The summed E-state index contributed by atoms with van der Waals surface area (Å²) in [5, 5.41) is 2.71. The Morgan fingerprint density at radius 3 is 2.36 bits per heavy atom. The second kappa shape index (κ2) is 6.65. The Morgan fingerprint density at radius 2 is 1.93 bits per heavy atom. The molecular weight excluding hydrogens is 180 g/mol. The lowest BCUT2D eigenvalue weighted by atomic mass is 10.1. The van der Waals surface area contributed by atoms with Crippen LogP contribution < -0.4 is 5.32 Å². The lowest BCUT2D eigenvalue weighted by Crippen LogP contribution is -2.35. The van der Waals surface area contributed by atoms with Gasteiger partial charge in [0.15, 0.2) is 6.23 Å². The monoisotopic (exact) mass is 202 g/mol. The topological polar surface area (TPSA) is 41.6 Å². The van der Waals surface area contributed by atoms with Crippen molar-refractivity contribution in [2.24, 2.45) is 5.92 Å². The van der Waals surface area contributed by atoms with Gasteiger partial charge in [0.25, 0.3) is 0 Å². The van der Waals surface area contributed by atoms with Crippen molar-refractivity contribution in [2.75, 3.05) is 20.6 Å². The number of nitrogens with one attached hydrogen (secondary N) is 1. The standard InChI is InChI=1S/C10H22N2O2/c1-8(2)6-7-11-10(13)14-9(3)12(4)5/h8-9H,6-7H2,1-5H3,(H,11,13). The third kappa shape index (κ3) is 6.71. The van der Waals surface area contributed by atoms with Crippen molar-refractivity contribution in [3.63, 3.8) is 0 Å². The number of rotatable bonds is 5. The molecule has 0 saturated heterocycles. The van der Waals surface area contributed by atoms with Crippen molar-refractivity contribution < 1.29 is 9.53 Å². The molecule has 1 amide bonds. The van der Waals surface area contributed by atoms with Crippen molar-refractivity contribution in [2.45, 2.75) is 33.4 Å². The number of carbonyl (C=O) groups excluding carboxylic acids is 1. The molecule has 4 heteroatoms. The van der Waals surface area contributed by atoms with Gasteiger partial charge in [-0.2, -0.15) is 0 Å². The SMILES string of the molecule is CC(C)CCNC(=O)OC(C)N(C)C. The van der Waals surface area contributed by atoms with Crippen LogP contribution in [-0.4, -0.2) is 37.9 Å². The van der Waals surface area contributed by atoms with Crippen LogP contribution in [0.25, 0.3) is 0 Å². The summed E-state index contributed by atoms with van der Waals surface area (Å²) in [5.74, 6) is 0.599. The van der Waals surface area contributed by atoms with Crippen LogP contribution in [0.2, 0.25) is 0 Å². The van der Waals surface area contributed by atoms with Gasteiger partial charge in [-0.3, -0.25) is 4.90 Å². The number of carbonyl (C=O) groups is 1. The molecule has 1 unspecified atom stereocenters. The molecule has 0 bridgehead atoms. The van der Waals surface area contributed by atoms with Gasteiger partial charge in [0, 0.05) is 6.54 Å². The van der Waals surface area contributed by atoms with Crippen LogP contribution in [0.15, 0.2) is 0 Å². The van der Waals surface area contributed by atoms with Crippen LogP contribution in [-0.2, 0) is 4.74 Å². The quantitative estimate of drug-likeness (QED) is 0.689. The molecule has 14 heavy (non-hydrogen) atoms. The highest BCUT2D eigenvalue weighted by Gasteiger charge is 2.09. The molecule has 0 fully saturated rings. The van der Waals surface area contributed by atoms with E-state index in [9.17, 15) is 4.79 Å². The van der Waals surface area contributed by atoms with Crippen LogP contribution in [0, 0.1) is 5.92 Å². The van der Waals surface area contributed by atoms with Gasteiger partial charge < -0.3 is 10.1 Å². The molecule has 0 aromatic carbocycles. The molecule has 4 nitrogen and oxygen atoms in total. The molecule has 0 aromatic heterocycles. The van der Waals surface area contributed by atoms with E-state index in [4.69, 9.17) is 4.74 Å². The summed E-state index contributed by atoms with van der Waals surface area (Å²) in [6, 6.07) is 0. The number of hydrogen-bond acceptors (Lipinski definition) is 3. The minimum absolute atomic E-state index is 0.186. The van der Waals surface area contributed by atoms with Crippen molar-refractivity contribution >= 4 is 6.09 Å². The van der Waals surface area contributed by atoms with Crippen LogP contribution in [0.5, 0.6) is 0 Å². The van der Waals surface area contributed by atoms with E-state index in [1.54, 1.807) is 0 Å². The molecule has 0 aliphatic rings. The van der Waals surface area contributed by atoms with Crippen molar-refractivity contribution in [3.8, 4) is 0 Å². The molecule has 0 radical (unpaired) electrons. The normalized spacial score (nSPS) is 13.1. The predicted molar refractivity (Wildman–Crippen MR) is 57.1 cm³/mol. The zero-order valence-electron chi connectivity index (χ0n) is 9.83. The fourth-order valence-electron chi connectivity index (χ4n) is 0.765. The molecule has 0 saturated carbocycles. The average Bonchev–Trinajstić information content (AvgIpc) is 2.02. The Bertz CT molecular complexity index is 170. The third-order valence-corrected chi connectivity index (χ3v) is 2.00. The summed E-state index contributed by atoms with van der Waals surface area (Å²) in [7, 11) is 3.73. The highest BCUT2D eigenvalue weighted by Crippen LogP contribution is 1.98. The summed E-state index contributed by atoms with van der Waals surface area (Å²) in [6.07, 6.45) is 0.451. The predicted octanol–water partition coefficient (Wildman–Crippen LogP) is 1.67. The molecule has 0 spiro atoms. The fourth-order valence-corrected chi connectivity index (χ4v) is 0.765. The van der Waals surface area contributed by atoms with E-state index < -0.39 is 0 Å². The lowest BCUT2D eigenvalue weighted by molar-refractivity contribution is 0.0272. The Kier molecular flexibility index (Phi) is 6.28. The van der Waals surface area contributed by atoms with Crippen LogP contribution in [0.4, 0.5) is 4.79 Å². The first-order valence-corrected chi connectivity index (χ1v) is 5.04. The van der Waals surface area contributed by atoms with E-state index in [-0.39, 0.29) is 12.3 Å². The van der Waals surface area contributed by atoms with Gasteiger partial charge in [-0.05, 0) is 33.4 Å². The van der Waals surface area contributed by atoms with Gasteiger partial charge in [-0.15, -0.1) is 0 Å². The minimum atomic E-state index is -0.341. The van der Waals surface area contributed by atoms with Crippen LogP contribution in [0.3, 0.4) is 0 Å². The smallest absolute Gasteiger partial charge is 0.408 e. The summed E-state index contributed by atoms with van der Waals surface area (Å²) >= 11 is 0. The van der Waals surface area contributed by atoms with Crippen molar-refractivity contribution in [1.82, 2.24) is 10.2 Å². The molecule has 0 heterocycles. The van der Waals surface area contributed by atoms with Gasteiger partial charge in [0.1, 0.15) is 0 Å². The van der Waals surface area contributed by atoms with E-state index in [1.807, 2.05) is 25.9 Å². The molecular formula is C10H22N2O2. The van der Waals surface area contributed by atoms with Gasteiger partial charge in [-0.25, -0.2) is 4.79 Å². The van der Waals surface area contributed by atoms with Gasteiger partial charge in [0.2, 0.25) is 0 Å².